The number of anilines is 1. The van der Waals surface area contributed by atoms with Crippen LogP contribution in [0, 0.1) is 0 Å². The summed E-state index contributed by atoms with van der Waals surface area (Å²) in [5.41, 5.74) is 0.522. The molecule has 0 aromatic heterocycles. The minimum Gasteiger partial charge on any atom is -0.322 e. The Morgan fingerprint density at radius 3 is 2.38 bits per heavy atom. The van der Waals surface area contributed by atoms with Crippen molar-refractivity contribution in [1.29, 1.82) is 0 Å². The lowest BCUT2D eigenvalue weighted by Crippen LogP contribution is -2.49. The number of benzene rings is 2. The average molecular weight is 454 g/mol. The Hall–Kier alpha value is -1.56. The number of carbonyl (C=O) groups is 2. The molecule has 2 aromatic carbocycles. The van der Waals surface area contributed by atoms with E-state index in [9.17, 15) is 9.59 Å². The maximum absolute atomic E-state index is 13.4. The fourth-order valence-corrected chi connectivity index (χ4v) is 4.83. The van der Waals surface area contributed by atoms with Gasteiger partial charge in [0, 0.05) is 20.4 Å². The summed E-state index contributed by atoms with van der Waals surface area (Å²) in [5.74, 6) is -0.307. The van der Waals surface area contributed by atoms with Crippen LogP contribution in [-0.2, 0) is 4.79 Å². The van der Waals surface area contributed by atoms with E-state index in [-0.39, 0.29) is 11.8 Å². The molecule has 1 spiro atoms. The van der Waals surface area contributed by atoms with Crippen molar-refractivity contribution in [2.24, 2.45) is 0 Å². The lowest BCUT2D eigenvalue weighted by molar-refractivity contribution is -0.122. The van der Waals surface area contributed by atoms with Crippen LogP contribution in [0.3, 0.4) is 0 Å². The van der Waals surface area contributed by atoms with Crippen LogP contribution in [-0.4, -0.2) is 17.5 Å². The normalized spacial score (nSPS) is 25.2. The topological polar surface area (TPSA) is 49.4 Å². The highest BCUT2D eigenvalue weighted by Gasteiger charge is 2.58. The van der Waals surface area contributed by atoms with Crippen molar-refractivity contribution in [3.05, 3.63) is 62.5 Å². The van der Waals surface area contributed by atoms with Crippen LogP contribution in [0.25, 0.3) is 0 Å². The fraction of sp³-hybridized carbons (Fsp3) is 0.263. The third-order valence-electron chi connectivity index (χ3n) is 5.15. The third kappa shape index (κ3) is 2.82. The zero-order valence-electron chi connectivity index (χ0n) is 13.6. The number of nitrogens with zero attached hydrogens (tertiary/aromatic N) is 1. The Morgan fingerprint density at radius 1 is 1.08 bits per heavy atom. The second-order valence-electron chi connectivity index (χ2n) is 6.67. The Bertz CT molecular complexity index is 883. The van der Waals surface area contributed by atoms with E-state index in [1.54, 1.807) is 18.2 Å². The number of hydrogen-bond donors (Lipinski definition) is 1. The van der Waals surface area contributed by atoms with Gasteiger partial charge in [-0.25, -0.2) is 9.69 Å². The van der Waals surface area contributed by atoms with Gasteiger partial charge in [0.2, 0.25) is 0 Å². The quantitative estimate of drug-likeness (QED) is 0.608. The molecule has 2 aliphatic rings. The van der Waals surface area contributed by atoms with Crippen LogP contribution >= 0.6 is 39.1 Å². The molecule has 1 N–H and O–H groups in total. The molecule has 1 aliphatic heterocycles. The fourth-order valence-electron chi connectivity index (χ4n) is 4.05. The molecular formula is C19H15BrCl2N2O2. The third-order valence-corrected chi connectivity index (χ3v) is 6.12. The van der Waals surface area contributed by atoms with E-state index in [0.29, 0.717) is 22.2 Å². The minimum absolute atomic E-state index is 0.0632. The highest BCUT2D eigenvalue weighted by molar-refractivity contribution is 9.10. The molecule has 1 heterocycles. The number of halogens is 3. The van der Waals surface area contributed by atoms with Crippen molar-refractivity contribution >= 4 is 56.8 Å². The van der Waals surface area contributed by atoms with Crippen LogP contribution in [0.2, 0.25) is 10.0 Å². The van der Waals surface area contributed by atoms with Crippen LogP contribution < -0.4 is 10.2 Å². The molecule has 4 nitrogen and oxygen atoms in total. The number of rotatable bonds is 2. The van der Waals surface area contributed by atoms with Gasteiger partial charge in [-0.1, -0.05) is 51.3 Å². The van der Waals surface area contributed by atoms with E-state index in [1.807, 2.05) is 24.3 Å². The Morgan fingerprint density at radius 2 is 1.73 bits per heavy atom. The zero-order valence-corrected chi connectivity index (χ0v) is 16.7. The molecule has 134 valence electrons. The highest BCUT2D eigenvalue weighted by atomic mass is 79.9. The predicted molar refractivity (Wildman–Crippen MR) is 106 cm³/mol. The first kappa shape index (κ1) is 17.8. The highest BCUT2D eigenvalue weighted by Crippen LogP contribution is 2.47. The molecule has 7 heteroatoms. The van der Waals surface area contributed by atoms with E-state index in [2.05, 4.69) is 21.2 Å². The molecule has 3 amide bonds. The maximum atomic E-state index is 13.4. The summed E-state index contributed by atoms with van der Waals surface area (Å²) in [4.78, 5) is 27.2. The van der Waals surface area contributed by atoms with Gasteiger partial charge in [-0.15, -0.1) is 0 Å². The van der Waals surface area contributed by atoms with E-state index in [1.165, 1.54) is 0 Å². The molecule has 1 aliphatic carbocycles. The number of carbonyl (C=O) groups excluding carboxylic acids is 2. The van der Waals surface area contributed by atoms with E-state index in [0.717, 1.165) is 27.8 Å². The van der Waals surface area contributed by atoms with Crippen LogP contribution in [0.5, 0.6) is 0 Å². The van der Waals surface area contributed by atoms with Crippen molar-refractivity contribution in [3.63, 3.8) is 0 Å². The summed E-state index contributed by atoms with van der Waals surface area (Å²) in [5, 5.41) is 3.73. The first-order valence-corrected chi connectivity index (χ1v) is 9.84. The molecule has 0 bridgehead atoms. The number of imide groups is 1. The van der Waals surface area contributed by atoms with E-state index < -0.39 is 11.6 Å². The maximum Gasteiger partial charge on any atom is 0.329 e. The Balaban J connectivity index is 1.74. The first-order valence-electron chi connectivity index (χ1n) is 8.29. The Labute approximate surface area is 169 Å². The molecule has 2 aromatic rings. The molecule has 2 atom stereocenters. The molecular weight excluding hydrogens is 439 g/mol. The lowest BCUT2D eigenvalue weighted by Gasteiger charge is -2.29. The van der Waals surface area contributed by atoms with E-state index in [4.69, 9.17) is 23.2 Å². The van der Waals surface area contributed by atoms with Gasteiger partial charge in [-0.05, 0) is 55.2 Å². The standard InChI is InChI=1S/C19H15BrCl2N2O2/c20-12-5-3-11(4-6-12)16-2-1-7-19(16)17(25)24(18(26)23-19)15-9-13(21)8-14(22)10-15/h3-6,8-10,16H,1-2,7H2,(H,23,26). The van der Waals surface area contributed by atoms with Crippen molar-refractivity contribution in [1.82, 2.24) is 5.32 Å². The molecule has 26 heavy (non-hydrogen) atoms. The molecule has 4 rings (SSSR count). The SMILES string of the molecule is O=C1NC2(CCCC2c2ccc(Br)cc2)C(=O)N1c1cc(Cl)cc(Cl)c1. The van der Waals surface area contributed by atoms with Crippen LogP contribution in [0.15, 0.2) is 46.9 Å². The molecule has 2 fully saturated rings. The van der Waals surface area contributed by atoms with Crippen molar-refractivity contribution in [2.75, 3.05) is 4.90 Å². The summed E-state index contributed by atoms with van der Waals surface area (Å²) >= 11 is 15.5. The second kappa shape index (κ2) is 6.55. The van der Waals surface area contributed by atoms with Gasteiger partial charge in [-0.2, -0.15) is 0 Å². The van der Waals surface area contributed by atoms with Crippen LogP contribution in [0.4, 0.5) is 10.5 Å². The van der Waals surface area contributed by atoms with E-state index >= 15 is 0 Å². The van der Waals surface area contributed by atoms with Gasteiger partial charge in [0.1, 0.15) is 5.54 Å². The molecule has 1 saturated carbocycles. The monoisotopic (exact) mass is 452 g/mol. The number of urea groups is 1. The van der Waals surface area contributed by atoms with Gasteiger partial charge >= 0.3 is 6.03 Å². The predicted octanol–water partition coefficient (Wildman–Crippen LogP) is 5.52. The summed E-state index contributed by atoms with van der Waals surface area (Å²) in [6, 6.07) is 12.2. The summed E-state index contributed by atoms with van der Waals surface area (Å²) in [6.45, 7) is 0. The first-order chi connectivity index (χ1) is 12.4. The number of amides is 3. The van der Waals surface area contributed by atoms with Gasteiger partial charge in [0.15, 0.2) is 0 Å². The summed E-state index contributed by atoms with van der Waals surface area (Å²) < 4.78 is 0.977. The largest absolute Gasteiger partial charge is 0.329 e. The average Bonchev–Trinajstić information content (AvgIpc) is 3.09. The van der Waals surface area contributed by atoms with Crippen molar-refractivity contribution in [3.8, 4) is 0 Å². The van der Waals surface area contributed by atoms with Crippen LogP contribution in [0.1, 0.15) is 30.7 Å². The minimum atomic E-state index is -0.917. The molecule has 2 unspecified atom stereocenters. The summed E-state index contributed by atoms with van der Waals surface area (Å²) in [6.07, 6.45) is 2.33. The number of nitrogens with one attached hydrogen (secondary N) is 1. The van der Waals surface area contributed by atoms with Gasteiger partial charge in [0.25, 0.3) is 5.91 Å². The van der Waals surface area contributed by atoms with Crippen molar-refractivity contribution in [2.45, 2.75) is 30.7 Å². The summed E-state index contributed by atoms with van der Waals surface area (Å²) in [7, 11) is 0. The zero-order chi connectivity index (χ0) is 18.5. The second-order valence-corrected chi connectivity index (χ2v) is 8.45. The van der Waals surface area contributed by atoms with Gasteiger partial charge in [-0.3, -0.25) is 4.79 Å². The smallest absolute Gasteiger partial charge is 0.322 e. The molecule has 1 saturated heterocycles. The molecule has 0 radical (unpaired) electrons. The van der Waals surface area contributed by atoms with Gasteiger partial charge in [0.05, 0.1) is 5.69 Å². The Kier molecular flexibility index (Phi) is 4.49. The van der Waals surface area contributed by atoms with Crippen molar-refractivity contribution < 1.29 is 9.59 Å². The lowest BCUT2D eigenvalue weighted by atomic mass is 9.82. The number of hydrogen-bond acceptors (Lipinski definition) is 2. The van der Waals surface area contributed by atoms with Gasteiger partial charge < -0.3 is 5.32 Å².